The molecule has 1 aromatic heterocycles. The predicted octanol–water partition coefficient (Wildman–Crippen LogP) is -1.10. The highest BCUT2D eigenvalue weighted by Crippen LogP contribution is 2.40. The van der Waals surface area contributed by atoms with Crippen molar-refractivity contribution in [2.24, 2.45) is 0 Å². The largest absolute Gasteiger partial charge is 0.507 e. The SMILES string of the molecule is COc1cc(-c2oc3cc(O[C@@H]4OC(C)[C@H](O)[C@H](O)C4O)cc(O)c3c(=O)c2O[C@@H]2OC[C@H](O)C(O)C2O)ccc1O. The fourth-order valence-corrected chi connectivity index (χ4v) is 4.69. The second kappa shape index (κ2) is 11.5. The highest BCUT2D eigenvalue weighted by atomic mass is 16.7. The highest BCUT2D eigenvalue weighted by Gasteiger charge is 2.43. The Hall–Kier alpha value is -3.67. The number of hydrogen-bond donors (Lipinski definition) is 8. The molecule has 0 amide bonds. The van der Waals surface area contributed by atoms with Gasteiger partial charge in [0.1, 0.15) is 59.1 Å². The maximum Gasteiger partial charge on any atom is 0.239 e. The van der Waals surface area contributed by atoms with E-state index >= 15 is 0 Å². The van der Waals surface area contributed by atoms with Crippen molar-refractivity contribution in [3.63, 3.8) is 0 Å². The van der Waals surface area contributed by atoms with Gasteiger partial charge >= 0.3 is 0 Å². The number of aromatic hydroxyl groups is 2. The molecule has 2 fully saturated rings. The lowest BCUT2D eigenvalue weighted by Crippen LogP contribution is -2.58. The van der Waals surface area contributed by atoms with Crippen LogP contribution in [0.5, 0.6) is 28.7 Å². The predicted molar refractivity (Wildman–Crippen MR) is 139 cm³/mol. The van der Waals surface area contributed by atoms with Crippen LogP contribution in [0.2, 0.25) is 0 Å². The lowest BCUT2D eigenvalue weighted by molar-refractivity contribution is -0.268. The fraction of sp³-hybridized carbons (Fsp3) is 0.444. The van der Waals surface area contributed by atoms with E-state index in [1.54, 1.807) is 0 Å². The molecule has 5 rings (SSSR count). The van der Waals surface area contributed by atoms with Crippen molar-refractivity contribution in [1.82, 2.24) is 0 Å². The van der Waals surface area contributed by atoms with Crippen LogP contribution in [0, 0.1) is 0 Å². The standard InChI is InChI=1S/C27H30O15/c1-9-18(31)21(34)23(36)27(39-9)40-11-6-13(29)17-16(7-11)41-24(10-3-4-12(28)15(5-10)37-2)25(20(17)33)42-26-22(35)19(32)14(30)8-38-26/h3-7,9,14,18-19,21-23,26-32,34-36H,8H2,1-2H3/t9?,14-,18-,19?,21-,22?,23?,26-,27-/m0/s1. The number of phenolic OH excluding ortho intramolecular Hbond substituents is 2. The number of ether oxygens (including phenoxy) is 5. The van der Waals surface area contributed by atoms with E-state index in [0.29, 0.717) is 0 Å². The van der Waals surface area contributed by atoms with Crippen LogP contribution >= 0.6 is 0 Å². The number of methoxy groups -OCH3 is 1. The van der Waals surface area contributed by atoms with Crippen molar-refractivity contribution in [2.75, 3.05) is 13.7 Å². The third-order valence-electron chi connectivity index (χ3n) is 7.10. The maximum absolute atomic E-state index is 13.7. The number of phenols is 2. The summed E-state index contributed by atoms with van der Waals surface area (Å²) < 4.78 is 33.1. The monoisotopic (exact) mass is 594 g/mol. The summed E-state index contributed by atoms with van der Waals surface area (Å²) in [5.41, 5.74) is -1.02. The van der Waals surface area contributed by atoms with Gasteiger partial charge in [-0.2, -0.15) is 0 Å². The first kappa shape index (κ1) is 29.8. The van der Waals surface area contributed by atoms with Crippen molar-refractivity contribution in [1.29, 1.82) is 0 Å². The quantitative estimate of drug-likeness (QED) is 0.169. The molecule has 2 aliphatic rings. The summed E-state index contributed by atoms with van der Waals surface area (Å²) in [4.78, 5) is 13.7. The summed E-state index contributed by atoms with van der Waals surface area (Å²) >= 11 is 0. The molecule has 3 aromatic rings. The molecule has 2 aliphatic heterocycles. The van der Waals surface area contributed by atoms with Gasteiger partial charge in [0, 0.05) is 17.7 Å². The van der Waals surface area contributed by atoms with Crippen LogP contribution in [-0.4, -0.2) is 110 Å². The molecule has 0 radical (unpaired) electrons. The normalized spacial score (nSPS) is 31.6. The molecule has 3 heterocycles. The number of benzene rings is 2. The molecule has 0 saturated carbocycles. The van der Waals surface area contributed by atoms with E-state index in [0.717, 1.165) is 6.07 Å². The highest BCUT2D eigenvalue weighted by molar-refractivity contribution is 5.88. The van der Waals surface area contributed by atoms with Gasteiger partial charge in [0.2, 0.25) is 23.8 Å². The Balaban J connectivity index is 1.61. The van der Waals surface area contributed by atoms with E-state index in [4.69, 9.17) is 28.1 Å². The van der Waals surface area contributed by atoms with E-state index in [1.165, 1.54) is 38.3 Å². The Morgan fingerprint density at radius 1 is 0.833 bits per heavy atom. The molecule has 0 aliphatic carbocycles. The summed E-state index contributed by atoms with van der Waals surface area (Å²) in [5.74, 6) is -1.82. The van der Waals surface area contributed by atoms with Gasteiger partial charge in [-0.05, 0) is 25.1 Å². The van der Waals surface area contributed by atoms with E-state index in [1.807, 2.05) is 0 Å². The summed E-state index contributed by atoms with van der Waals surface area (Å²) in [5, 5.41) is 81.1. The fourth-order valence-electron chi connectivity index (χ4n) is 4.69. The summed E-state index contributed by atoms with van der Waals surface area (Å²) in [7, 11) is 1.30. The van der Waals surface area contributed by atoms with E-state index in [-0.39, 0.29) is 39.5 Å². The molecule has 2 aromatic carbocycles. The lowest BCUT2D eigenvalue weighted by atomic mass is 10.00. The van der Waals surface area contributed by atoms with Gasteiger partial charge < -0.3 is 69.0 Å². The third-order valence-corrected chi connectivity index (χ3v) is 7.10. The number of fused-ring (bicyclic) bond motifs is 1. The smallest absolute Gasteiger partial charge is 0.239 e. The van der Waals surface area contributed by atoms with E-state index in [9.17, 15) is 45.6 Å². The van der Waals surface area contributed by atoms with Gasteiger partial charge in [0.25, 0.3) is 0 Å². The molecule has 42 heavy (non-hydrogen) atoms. The summed E-state index contributed by atoms with van der Waals surface area (Å²) in [6.45, 7) is 1.04. The van der Waals surface area contributed by atoms with Crippen LogP contribution < -0.4 is 19.6 Å². The Kier molecular flexibility index (Phi) is 8.19. The van der Waals surface area contributed by atoms with Crippen LogP contribution in [-0.2, 0) is 9.47 Å². The maximum atomic E-state index is 13.7. The minimum Gasteiger partial charge on any atom is -0.507 e. The van der Waals surface area contributed by atoms with Crippen molar-refractivity contribution < 1.29 is 69.0 Å². The van der Waals surface area contributed by atoms with Gasteiger partial charge in [0.15, 0.2) is 17.3 Å². The van der Waals surface area contributed by atoms with Crippen molar-refractivity contribution in [3.05, 3.63) is 40.6 Å². The van der Waals surface area contributed by atoms with Crippen LogP contribution in [0.4, 0.5) is 0 Å². The van der Waals surface area contributed by atoms with Crippen LogP contribution in [0.25, 0.3) is 22.3 Å². The molecule has 228 valence electrons. The molecule has 4 unspecified atom stereocenters. The molecule has 9 atom stereocenters. The molecule has 0 bridgehead atoms. The van der Waals surface area contributed by atoms with Crippen molar-refractivity contribution in [2.45, 2.75) is 62.2 Å². The first-order valence-corrected chi connectivity index (χ1v) is 12.8. The van der Waals surface area contributed by atoms with Crippen LogP contribution in [0.3, 0.4) is 0 Å². The Morgan fingerprint density at radius 2 is 1.55 bits per heavy atom. The zero-order chi connectivity index (χ0) is 30.5. The lowest BCUT2D eigenvalue weighted by Gasteiger charge is -2.38. The Bertz CT molecular complexity index is 1510. The van der Waals surface area contributed by atoms with Gasteiger partial charge in [-0.25, -0.2) is 0 Å². The molecular formula is C27H30O15. The average molecular weight is 595 g/mol. The van der Waals surface area contributed by atoms with Gasteiger partial charge in [-0.1, -0.05) is 0 Å². The van der Waals surface area contributed by atoms with E-state index in [2.05, 4.69) is 0 Å². The van der Waals surface area contributed by atoms with Gasteiger partial charge in [-0.15, -0.1) is 0 Å². The summed E-state index contributed by atoms with van der Waals surface area (Å²) in [6, 6.07) is 6.17. The Morgan fingerprint density at radius 3 is 2.26 bits per heavy atom. The number of aliphatic hydroxyl groups is 6. The van der Waals surface area contributed by atoms with Crippen LogP contribution in [0.15, 0.2) is 39.5 Å². The van der Waals surface area contributed by atoms with Crippen molar-refractivity contribution in [3.8, 4) is 40.1 Å². The topological polar surface area (TPSA) is 238 Å². The summed E-state index contributed by atoms with van der Waals surface area (Å²) in [6.07, 6.45) is -13.4. The van der Waals surface area contributed by atoms with Crippen molar-refractivity contribution >= 4 is 11.0 Å². The molecule has 0 spiro atoms. The second-order valence-corrected chi connectivity index (χ2v) is 9.96. The average Bonchev–Trinajstić information content (AvgIpc) is 2.96. The number of aliphatic hydroxyl groups excluding tert-OH is 6. The van der Waals surface area contributed by atoms with Gasteiger partial charge in [-0.3, -0.25) is 4.79 Å². The first-order chi connectivity index (χ1) is 19.9. The zero-order valence-electron chi connectivity index (χ0n) is 22.2. The molecule has 2 saturated heterocycles. The molecule has 15 nitrogen and oxygen atoms in total. The number of hydrogen-bond acceptors (Lipinski definition) is 15. The second-order valence-electron chi connectivity index (χ2n) is 9.96. The molecular weight excluding hydrogens is 564 g/mol. The zero-order valence-corrected chi connectivity index (χ0v) is 22.2. The van der Waals surface area contributed by atoms with Crippen LogP contribution in [0.1, 0.15) is 6.92 Å². The molecule has 15 heteroatoms. The van der Waals surface area contributed by atoms with Gasteiger partial charge in [0.05, 0.1) is 19.8 Å². The third kappa shape index (κ3) is 5.32. The molecule has 8 N–H and O–H groups in total. The Labute approximate surface area is 236 Å². The first-order valence-electron chi connectivity index (χ1n) is 12.8. The van der Waals surface area contributed by atoms with E-state index < -0.39 is 78.8 Å². The minimum absolute atomic E-state index is 0.00641. The number of rotatable bonds is 6. The minimum atomic E-state index is -1.77.